The van der Waals surface area contributed by atoms with E-state index in [1.165, 1.54) is 18.6 Å². The number of ether oxygens (including phenoxy) is 1. The summed E-state index contributed by atoms with van der Waals surface area (Å²) in [6.07, 6.45) is 4.34. The Bertz CT molecular complexity index is 709. The highest BCUT2D eigenvalue weighted by Gasteiger charge is 2.18. The number of rotatable bonds is 5. The monoisotopic (exact) mass is 344 g/mol. The number of hydrogen-bond acceptors (Lipinski definition) is 6. The molecule has 0 bridgehead atoms. The number of morpholine rings is 1. The number of pyridine rings is 1. The number of anilines is 2. The Morgan fingerprint density at radius 1 is 1.24 bits per heavy atom. The molecule has 8 nitrogen and oxygen atoms in total. The molecule has 2 amide bonds. The number of hydrogen-bond donors (Lipinski definition) is 2. The highest BCUT2D eigenvalue weighted by Crippen LogP contribution is 2.15. The van der Waals surface area contributed by atoms with E-state index in [2.05, 4.69) is 20.5 Å². The third-order valence-corrected chi connectivity index (χ3v) is 3.87. The van der Waals surface area contributed by atoms with Gasteiger partial charge in [-0.3, -0.25) is 9.59 Å². The lowest BCUT2D eigenvalue weighted by Gasteiger charge is -2.27. The predicted molar refractivity (Wildman–Crippen MR) is 91.5 cm³/mol. The first-order valence-electron chi connectivity index (χ1n) is 8.06. The maximum atomic E-state index is 12.2. The van der Waals surface area contributed by atoms with Gasteiger partial charge in [-0.05, 0) is 25.1 Å². The molecular formula is C17H20N4O4. The molecule has 0 spiro atoms. The molecule has 0 aliphatic carbocycles. The maximum absolute atomic E-state index is 12.2. The second-order valence-electron chi connectivity index (χ2n) is 5.70. The average molecular weight is 344 g/mol. The van der Waals surface area contributed by atoms with Crippen LogP contribution in [-0.2, 0) is 9.53 Å². The fraction of sp³-hybridized carbons (Fsp3) is 0.353. The minimum atomic E-state index is -0.693. The fourth-order valence-corrected chi connectivity index (χ4v) is 2.43. The zero-order valence-corrected chi connectivity index (χ0v) is 13.9. The minimum absolute atomic E-state index is 0.322. The molecule has 0 unspecified atom stereocenters. The Balaban J connectivity index is 1.54. The highest BCUT2D eigenvalue weighted by molar-refractivity contribution is 6.00. The van der Waals surface area contributed by atoms with Gasteiger partial charge in [0.1, 0.15) is 18.1 Å². The summed E-state index contributed by atoms with van der Waals surface area (Å²) in [6, 6.07) is 4.49. The molecule has 0 saturated carbocycles. The lowest BCUT2D eigenvalue weighted by Crippen LogP contribution is -2.41. The number of furan rings is 1. The van der Waals surface area contributed by atoms with Crippen LogP contribution in [0.5, 0.6) is 0 Å². The van der Waals surface area contributed by atoms with E-state index < -0.39 is 6.04 Å². The highest BCUT2D eigenvalue weighted by atomic mass is 16.5. The smallest absolute Gasteiger partial charge is 0.255 e. The van der Waals surface area contributed by atoms with Crippen LogP contribution in [0.1, 0.15) is 17.3 Å². The molecule has 0 radical (unpaired) electrons. The standard InChI is InChI=1S/C17H20N4O4/c1-12(19-17(23)13-4-7-25-11-13)16(22)20-14-2-3-15(18-10-14)21-5-8-24-9-6-21/h2-4,7,10-12H,5-6,8-9H2,1H3,(H,19,23)(H,20,22)/t12-/m0/s1. The lowest BCUT2D eigenvalue weighted by molar-refractivity contribution is -0.117. The van der Waals surface area contributed by atoms with Crippen LogP contribution in [0.25, 0.3) is 0 Å². The number of carbonyl (C=O) groups excluding carboxylic acids is 2. The topological polar surface area (TPSA) is 96.7 Å². The summed E-state index contributed by atoms with van der Waals surface area (Å²) in [5, 5.41) is 5.35. The van der Waals surface area contributed by atoms with Gasteiger partial charge in [-0.1, -0.05) is 0 Å². The normalized spacial score (nSPS) is 15.5. The summed E-state index contributed by atoms with van der Waals surface area (Å²) in [5.41, 5.74) is 0.947. The first-order chi connectivity index (χ1) is 12.1. The van der Waals surface area contributed by atoms with Crippen molar-refractivity contribution in [3.05, 3.63) is 42.5 Å². The summed E-state index contributed by atoms with van der Waals surface area (Å²) < 4.78 is 10.2. The van der Waals surface area contributed by atoms with Gasteiger partial charge in [0, 0.05) is 13.1 Å². The van der Waals surface area contributed by atoms with E-state index in [0.29, 0.717) is 24.5 Å². The zero-order chi connectivity index (χ0) is 17.6. The molecular weight excluding hydrogens is 324 g/mol. The zero-order valence-electron chi connectivity index (χ0n) is 13.9. The summed E-state index contributed by atoms with van der Waals surface area (Å²) in [4.78, 5) is 30.6. The van der Waals surface area contributed by atoms with Gasteiger partial charge in [0.2, 0.25) is 5.91 Å². The van der Waals surface area contributed by atoms with Gasteiger partial charge in [0.25, 0.3) is 5.91 Å². The molecule has 1 aliphatic heterocycles. The first kappa shape index (κ1) is 17.0. The summed E-state index contributed by atoms with van der Waals surface area (Å²) in [5.74, 6) is 0.164. The van der Waals surface area contributed by atoms with Crippen LogP contribution in [0, 0.1) is 0 Å². The maximum Gasteiger partial charge on any atom is 0.255 e. The van der Waals surface area contributed by atoms with E-state index in [0.717, 1.165) is 18.9 Å². The largest absolute Gasteiger partial charge is 0.472 e. The molecule has 3 rings (SSSR count). The van der Waals surface area contributed by atoms with Gasteiger partial charge in [-0.2, -0.15) is 0 Å². The van der Waals surface area contributed by atoms with E-state index in [1.54, 1.807) is 19.2 Å². The lowest BCUT2D eigenvalue weighted by atomic mass is 10.2. The number of nitrogens with zero attached hydrogens (tertiary/aromatic N) is 2. The Labute approximate surface area is 145 Å². The van der Waals surface area contributed by atoms with Crippen molar-refractivity contribution >= 4 is 23.3 Å². The van der Waals surface area contributed by atoms with E-state index in [-0.39, 0.29) is 11.8 Å². The molecule has 1 atom stereocenters. The van der Waals surface area contributed by atoms with Crippen molar-refractivity contribution in [2.45, 2.75) is 13.0 Å². The third kappa shape index (κ3) is 4.36. The minimum Gasteiger partial charge on any atom is -0.472 e. The van der Waals surface area contributed by atoms with E-state index in [1.807, 2.05) is 6.07 Å². The Morgan fingerprint density at radius 2 is 2.04 bits per heavy atom. The Hall–Kier alpha value is -2.87. The van der Waals surface area contributed by atoms with Gasteiger partial charge >= 0.3 is 0 Å². The molecule has 1 saturated heterocycles. The number of amides is 2. The second kappa shape index (κ2) is 7.80. The molecule has 2 aromatic heterocycles. The molecule has 132 valence electrons. The van der Waals surface area contributed by atoms with Crippen LogP contribution in [0.3, 0.4) is 0 Å². The van der Waals surface area contributed by atoms with Crippen molar-refractivity contribution in [3.8, 4) is 0 Å². The van der Waals surface area contributed by atoms with Crippen molar-refractivity contribution in [2.24, 2.45) is 0 Å². The molecule has 2 aromatic rings. The SMILES string of the molecule is C[C@H](NC(=O)c1ccoc1)C(=O)Nc1ccc(N2CCOCC2)nc1. The van der Waals surface area contributed by atoms with Crippen LogP contribution in [0.4, 0.5) is 11.5 Å². The Morgan fingerprint density at radius 3 is 2.68 bits per heavy atom. The molecule has 3 heterocycles. The van der Waals surface area contributed by atoms with Gasteiger partial charge in [0.15, 0.2) is 0 Å². The predicted octanol–water partition coefficient (Wildman–Crippen LogP) is 1.27. The van der Waals surface area contributed by atoms with E-state index in [4.69, 9.17) is 9.15 Å². The van der Waals surface area contributed by atoms with Crippen LogP contribution >= 0.6 is 0 Å². The summed E-state index contributed by atoms with van der Waals surface area (Å²) in [7, 11) is 0. The molecule has 0 aromatic carbocycles. The number of nitrogens with one attached hydrogen (secondary N) is 2. The van der Waals surface area contributed by atoms with Crippen molar-refractivity contribution in [1.29, 1.82) is 0 Å². The van der Waals surface area contributed by atoms with E-state index in [9.17, 15) is 9.59 Å². The van der Waals surface area contributed by atoms with Crippen LogP contribution < -0.4 is 15.5 Å². The molecule has 8 heteroatoms. The number of carbonyl (C=O) groups is 2. The molecule has 1 aliphatic rings. The van der Waals surface area contributed by atoms with E-state index >= 15 is 0 Å². The van der Waals surface area contributed by atoms with Gasteiger partial charge < -0.3 is 24.7 Å². The third-order valence-electron chi connectivity index (χ3n) is 3.87. The quantitative estimate of drug-likeness (QED) is 0.848. The second-order valence-corrected chi connectivity index (χ2v) is 5.70. The first-order valence-corrected chi connectivity index (χ1v) is 8.06. The molecule has 25 heavy (non-hydrogen) atoms. The molecule has 2 N–H and O–H groups in total. The van der Waals surface area contributed by atoms with Crippen molar-refractivity contribution in [2.75, 3.05) is 36.5 Å². The van der Waals surface area contributed by atoms with Crippen molar-refractivity contribution < 1.29 is 18.7 Å². The average Bonchev–Trinajstić information content (AvgIpc) is 3.18. The fourth-order valence-electron chi connectivity index (χ4n) is 2.43. The Kier molecular flexibility index (Phi) is 5.30. The molecule has 1 fully saturated rings. The van der Waals surface area contributed by atoms with Gasteiger partial charge in [-0.15, -0.1) is 0 Å². The number of aromatic nitrogens is 1. The summed E-state index contributed by atoms with van der Waals surface area (Å²) in [6.45, 7) is 4.59. The van der Waals surface area contributed by atoms with Crippen molar-refractivity contribution in [3.63, 3.8) is 0 Å². The summed E-state index contributed by atoms with van der Waals surface area (Å²) >= 11 is 0. The van der Waals surface area contributed by atoms with Gasteiger partial charge in [0.05, 0.1) is 36.9 Å². The van der Waals surface area contributed by atoms with Gasteiger partial charge in [-0.25, -0.2) is 4.98 Å². The van der Waals surface area contributed by atoms with Crippen LogP contribution in [0.2, 0.25) is 0 Å². The van der Waals surface area contributed by atoms with Crippen LogP contribution in [0.15, 0.2) is 41.3 Å². The van der Waals surface area contributed by atoms with Crippen molar-refractivity contribution in [1.82, 2.24) is 10.3 Å². The van der Waals surface area contributed by atoms with Crippen LogP contribution in [-0.4, -0.2) is 49.1 Å².